The van der Waals surface area contributed by atoms with Gasteiger partial charge in [-0.25, -0.2) is 4.98 Å². The Bertz CT molecular complexity index is 1090. The molecule has 1 atom stereocenters. The molecule has 0 bridgehead atoms. The predicted molar refractivity (Wildman–Crippen MR) is 111 cm³/mol. The molecule has 0 aliphatic rings. The number of carbonyl (C=O) groups is 2. The van der Waals surface area contributed by atoms with Gasteiger partial charge in [0, 0.05) is 30.1 Å². The van der Waals surface area contributed by atoms with Crippen LogP contribution in [0.1, 0.15) is 24.5 Å². The number of quaternary nitrogens is 1. The number of nitrogens with zero attached hydrogens (tertiary/aromatic N) is 3. The highest BCUT2D eigenvalue weighted by atomic mass is 32.1. The fourth-order valence-corrected chi connectivity index (χ4v) is 3.85. The van der Waals surface area contributed by atoms with E-state index in [1.54, 1.807) is 31.2 Å². The molecular formula is C19H23N6O3S+. The summed E-state index contributed by atoms with van der Waals surface area (Å²) >= 11 is 1.36. The third-order valence-electron chi connectivity index (χ3n) is 4.22. The second-order valence-electron chi connectivity index (χ2n) is 6.69. The molecule has 2 amide bonds. The number of hydrogen-bond acceptors (Lipinski definition) is 6. The summed E-state index contributed by atoms with van der Waals surface area (Å²) in [6.45, 7) is 6.73. The van der Waals surface area contributed by atoms with E-state index in [4.69, 9.17) is 0 Å². The van der Waals surface area contributed by atoms with E-state index >= 15 is 0 Å². The van der Waals surface area contributed by atoms with Gasteiger partial charge in [0.2, 0.25) is 10.9 Å². The molecule has 0 fully saturated rings. The van der Waals surface area contributed by atoms with E-state index in [1.807, 2.05) is 6.92 Å². The summed E-state index contributed by atoms with van der Waals surface area (Å²) in [6.07, 6.45) is 0. The summed E-state index contributed by atoms with van der Waals surface area (Å²) < 4.78 is 1.30. The van der Waals surface area contributed by atoms with Crippen LogP contribution in [0.2, 0.25) is 0 Å². The second kappa shape index (κ2) is 8.93. The first-order chi connectivity index (χ1) is 13.8. The Labute approximate surface area is 171 Å². The van der Waals surface area contributed by atoms with Crippen LogP contribution in [0.5, 0.6) is 0 Å². The number of anilines is 2. The van der Waals surface area contributed by atoms with E-state index < -0.39 is 0 Å². The minimum Gasteiger partial charge on any atom is -0.326 e. The first kappa shape index (κ1) is 20.6. The molecule has 1 aromatic carbocycles. The Morgan fingerprint density at radius 1 is 1.17 bits per heavy atom. The number of rotatable bonds is 7. The van der Waals surface area contributed by atoms with Crippen molar-refractivity contribution in [2.45, 2.75) is 27.3 Å². The lowest BCUT2D eigenvalue weighted by Gasteiger charge is -2.15. The Balaban J connectivity index is 1.62. The number of carbonyl (C=O) groups excluding carboxylic acids is 2. The zero-order valence-corrected chi connectivity index (χ0v) is 17.3. The molecule has 152 valence electrons. The third-order valence-corrected chi connectivity index (χ3v) is 5.12. The van der Waals surface area contributed by atoms with Crippen LogP contribution in [-0.4, -0.2) is 39.5 Å². The van der Waals surface area contributed by atoms with Crippen molar-refractivity contribution < 1.29 is 14.5 Å². The van der Waals surface area contributed by atoms with Crippen molar-refractivity contribution in [1.29, 1.82) is 0 Å². The van der Waals surface area contributed by atoms with Gasteiger partial charge in [0.1, 0.15) is 6.54 Å². The predicted octanol–water partition coefficient (Wildman–Crippen LogP) is 0.461. The smallest absolute Gasteiger partial charge is 0.279 e. The Morgan fingerprint density at radius 2 is 1.83 bits per heavy atom. The fraction of sp³-hybridized carbons (Fsp3) is 0.316. The first-order valence-electron chi connectivity index (χ1n) is 9.21. The van der Waals surface area contributed by atoms with Gasteiger partial charge in [0.25, 0.3) is 11.5 Å². The maximum absolute atomic E-state index is 12.4. The molecule has 0 saturated heterocycles. The highest BCUT2D eigenvalue weighted by Gasteiger charge is 2.17. The minimum absolute atomic E-state index is 0.124. The number of amides is 2. The van der Waals surface area contributed by atoms with Crippen molar-refractivity contribution >= 4 is 39.5 Å². The van der Waals surface area contributed by atoms with Gasteiger partial charge < -0.3 is 15.5 Å². The van der Waals surface area contributed by atoms with Gasteiger partial charge in [-0.05, 0) is 38.1 Å². The number of benzene rings is 1. The molecule has 29 heavy (non-hydrogen) atoms. The van der Waals surface area contributed by atoms with Crippen LogP contribution >= 0.6 is 11.3 Å². The zero-order valence-electron chi connectivity index (χ0n) is 16.5. The molecule has 0 aliphatic carbocycles. The standard InChI is InChI=1S/C19H22N6O3S/c1-4-24(11-17-23-25-18(28)9-12(2)20-19(25)29-17)10-16(27)22-15-7-5-14(6-8-15)21-13(3)26/h5-9H,4,10-11H2,1-3H3,(H,21,26)(H,22,27)/p+1. The molecule has 2 aromatic heterocycles. The Morgan fingerprint density at radius 3 is 2.45 bits per heavy atom. The van der Waals surface area contributed by atoms with Gasteiger partial charge in [-0.15, -0.1) is 0 Å². The molecule has 10 heteroatoms. The summed E-state index contributed by atoms with van der Waals surface area (Å²) in [4.78, 5) is 41.4. The molecular weight excluding hydrogens is 392 g/mol. The van der Waals surface area contributed by atoms with Crippen molar-refractivity contribution in [3.63, 3.8) is 0 Å². The van der Waals surface area contributed by atoms with Gasteiger partial charge >= 0.3 is 0 Å². The van der Waals surface area contributed by atoms with Crippen LogP contribution < -0.4 is 21.1 Å². The molecule has 2 heterocycles. The van der Waals surface area contributed by atoms with E-state index in [2.05, 4.69) is 20.7 Å². The summed E-state index contributed by atoms with van der Waals surface area (Å²) in [5.41, 5.74) is 1.79. The van der Waals surface area contributed by atoms with Crippen molar-refractivity contribution in [1.82, 2.24) is 14.6 Å². The monoisotopic (exact) mass is 415 g/mol. The quantitative estimate of drug-likeness (QED) is 0.519. The number of aromatic nitrogens is 3. The molecule has 3 aromatic rings. The van der Waals surface area contributed by atoms with Gasteiger partial charge in [0.15, 0.2) is 11.6 Å². The van der Waals surface area contributed by atoms with Gasteiger partial charge in [-0.3, -0.25) is 14.4 Å². The molecule has 0 spiro atoms. The third kappa shape index (κ3) is 5.46. The van der Waals surface area contributed by atoms with Gasteiger partial charge in [-0.1, -0.05) is 11.3 Å². The average molecular weight is 415 g/mol. The van der Waals surface area contributed by atoms with E-state index in [-0.39, 0.29) is 23.9 Å². The number of nitrogens with one attached hydrogen (secondary N) is 3. The van der Waals surface area contributed by atoms with Crippen molar-refractivity contribution in [3.8, 4) is 0 Å². The topological polar surface area (TPSA) is 110 Å². The molecule has 0 saturated carbocycles. The first-order valence-corrected chi connectivity index (χ1v) is 10.0. The Hall–Kier alpha value is -3.11. The van der Waals surface area contributed by atoms with Crippen molar-refractivity contribution in [2.24, 2.45) is 0 Å². The molecule has 0 radical (unpaired) electrons. The fourth-order valence-electron chi connectivity index (χ4n) is 2.83. The SMILES string of the molecule is CC[NH+](CC(=O)Nc1ccc(NC(C)=O)cc1)Cc1nn2c(=O)cc(C)nc2s1. The number of likely N-dealkylation sites (N-methyl/N-ethyl adjacent to an activating group) is 1. The van der Waals surface area contributed by atoms with Crippen LogP contribution in [-0.2, 0) is 16.1 Å². The molecule has 1 unspecified atom stereocenters. The van der Waals surface area contributed by atoms with E-state index in [1.165, 1.54) is 28.8 Å². The minimum atomic E-state index is -0.200. The molecule has 3 rings (SSSR count). The van der Waals surface area contributed by atoms with Crippen LogP contribution in [0.25, 0.3) is 4.96 Å². The summed E-state index contributed by atoms with van der Waals surface area (Å²) in [7, 11) is 0. The second-order valence-corrected chi connectivity index (χ2v) is 7.73. The van der Waals surface area contributed by atoms with E-state index in [0.717, 1.165) is 16.5 Å². The van der Waals surface area contributed by atoms with Crippen LogP contribution in [0.4, 0.5) is 11.4 Å². The van der Waals surface area contributed by atoms with Gasteiger partial charge in [-0.2, -0.15) is 9.61 Å². The van der Waals surface area contributed by atoms with E-state index in [0.29, 0.717) is 28.6 Å². The highest BCUT2D eigenvalue weighted by Crippen LogP contribution is 2.13. The number of fused-ring (bicyclic) bond motifs is 1. The molecule has 0 aliphatic heterocycles. The van der Waals surface area contributed by atoms with Crippen molar-refractivity contribution in [2.75, 3.05) is 23.7 Å². The van der Waals surface area contributed by atoms with Crippen LogP contribution in [0, 0.1) is 6.92 Å². The largest absolute Gasteiger partial charge is 0.326 e. The maximum Gasteiger partial charge on any atom is 0.279 e. The lowest BCUT2D eigenvalue weighted by Crippen LogP contribution is -3.11. The molecule has 9 nitrogen and oxygen atoms in total. The lowest BCUT2D eigenvalue weighted by molar-refractivity contribution is -0.903. The Kier molecular flexibility index (Phi) is 6.35. The van der Waals surface area contributed by atoms with Crippen LogP contribution in [0.15, 0.2) is 35.1 Å². The number of aryl methyl sites for hydroxylation is 1. The van der Waals surface area contributed by atoms with E-state index in [9.17, 15) is 14.4 Å². The number of hydrogen-bond donors (Lipinski definition) is 3. The highest BCUT2D eigenvalue weighted by molar-refractivity contribution is 7.16. The zero-order chi connectivity index (χ0) is 21.0. The maximum atomic E-state index is 12.4. The summed E-state index contributed by atoms with van der Waals surface area (Å²) in [5, 5.41) is 10.6. The lowest BCUT2D eigenvalue weighted by atomic mass is 10.2. The molecule has 3 N–H and O–H groups in total. The normalized spacial score (nSPS) is 12.0. The summed E-state index contributed by atoms with van der Waals surface area (Å²) in [5.74, 6) is -0.271. The van der Waals surface area contributed by atoms with Gasteiger partial charge in [0.05, 0.1) is 6.54 Å². The van der Waals surface area contributed by atoms with Crippen molar-refractivity contribution in [3.05, 3.63) is 51.4 Å². The van der Waals surface area contributed by atoms with Crippen LogP contribution in [0.3, 0.4) is 0 Å². The average Bonchev–Trinajstić information content (AvgIpc) is 3.05. The summed E-state index contributed by atoms with van der Waals surface area (Å²) in [6, 6.07) is 8.39.